The Hall–Kier alpha value is -1.30. The van der Waals surface area contributed by atoms with E-state index >= 15 is 0 Å². The van der Waals surface area contributed by atoms with Gasteiger partial charge in [0.2, 0.25) is 0 Å². The number of aliphatic imine (C=N–C) groups is 1. The van der Waals surface area contributed by atoms with Crippen molar-refractivity contribution in [2.75, 3.05) is 67.6 Å². The number of hydrogen-bond acceptors (Lipinski definition) is 6. The van der Waals surface area contributed by atoms with Crippen LogP contribution in [0.15, 0.2) is 23.2 Å². The Bertz CT molecular complexity index is 668. The minimum atomic E-state index is 0. The molecule has 0 amide bonds. The van der Waals surface area contributed by atoms with Crippen molar-refractivity contribution < 1.29 is 14.2 Å². The molecule has 2 atom stereocenters. The smallest absolute Gasteiger partial charge is 0.191 e. The van der Waals surface area contributed by atoms with Crippen molar-refractivity contribution in [1.29, 1.82) is 0 Å². The molecule has 30 heavy (non-hydrogen) atoms. The predicted molar refractivity (Wildman–Crippen MR) is 130 cm³/mol. The number of nitrogens with one attached hydrogen (secondary N) is 2. The molecule has 1 aromatic carbocycles. The molecule has 0 saturated carbocycles. The van der Waals surface area contributed by atoms with Gasteiger partial charge in [-0.25, -0.2) is 0 Å². The summed E-state index contributed by atoms with van der Waals surface area (Å²) in [6, 6.07) is 6.43. The first-order chi connectivity index (χ1) is 14.1. The fraction of sp³-hybridized carbons (Fsp3) is 0.667. The van der Waals surface area contributed by atoms with E-state index in [0.29, 0.717) is 6.04 Å². The Kier molecular flexibility index (Phi) is 10.4. The zero-order valence-electron chi connectivity index (χ0n) is 18.5. The van der Waals surface area contributed by atoms with Gasteiger partial charge in [0.05, 0.1) is 26.9 Å². The van der Waals surface area contributed by atoms with Crippen molar-refractivity contribution in [3.63, 3.8) is 0 Å². The molecule has 2 N–H and O–H groups in total. The highest BCUT2D eigenvalue weighted by Crippen LogP contribution is 2.24. The molecule has 2 aliphatic rings. The van der Waals surface area contributed by atoms with Gasteiger partial charge in [0.15, 0.2) is 5.96 Å². The highest BCUT2D eigenvalue weighted by Gasteiger charge is 2.24. The first-order valence-electron chi connectivity index (χ1n) is 10.3. The summed E-state index contributed by atoms with van der Waals surface area (Å²) in [6.45, 7) is 6.41. The molecule has 1 aromatic rings. The lowest BCUT2D eigenvalue weighted by Crippen LogP contribution is -2.50. The van der Waals surface area contributed by atoms with Crippen molar-refractivity contribution in [1.82, 2.24) is 20.4 Å². The minimum absolute atomic E-state index is 0. The van der Waals surface area contributed by atoms with Crippen LogP contribution in [0, 0.1) is 0 Å². The average molecular weight is 533 g/mol. The van der Waals surface area contributed by atoms with Gasteiger partial charge in [0, 0.05) is 58.4 Å². The van der Waals surface area contributed by atoms with Crippen LogP contribution in [0.1, 0.15) is 12.0 Å². The maximum atomic E-state index is 5.82. The minimum Gasteiger partial charge on any atom is -0.497 e. The summed E-state index contributed by atoms with van der Waals surface area (Å²) in [6.07, 6.45) is 1.29. The third kappa shape index (κ3) is 7.44. The van der Waals surface area contributed by atoms with E-state index in [2.05, 4.69) is 44.6 Å². The lowest BCUT2D eigenvalue weighted by Gasteiger charge is -2.30. The van der Waals surface area contributed by atoms with Crippen LogP contribution < -0.4 is 20.1 Å². The monoisotopic (exact) mass is 533 g/mol. The van der Waals surface area contributed by atoms with Crippen LogP contribution in [0.4, 0.5) is 0 Å². The molecular formula is C21H36IN5O3. The second kappa shape index (κ2) is 12.5. The summed E-state index contributed by atoms with van der Waals surface area (Å²) in [5.41, 5.74) is 1.20. The van der Waals surface area contributed by atoms with Gasteiger partial charge in [0.1, 0.15) is 11.5 Å². The molecule has 0 aliphatic carbocycles. The Labute approximate surface area is 197 Å². The summed E-state index contributed by atoms with van der Waals surface area (Å²) >= 11 is 0. The van der Waals surface area contributed by atoms with Gasteiger partial charge in [-0.2, -0.15) is 0 Å². The van der Waals surface area contributed by atoms with Crippen LogP contribution in [0.2, 0.25) is 0 Å². The normalized spacial score (nSPS) is 23.0. The summed E-state index contributed by atoms with van der Waals surface area (Å²) in [7, 11) is 7.32. The van der Waals surface area contributed by atoms with Crippen LogP contribution in [-0.4, -0.2) is 95.6 Å². The molecule has 2 fully saturated rings. The van der Waals surface area contributed by atoms with E-state index < -0.39 is 0 Å². The number of likely N-dealkylation sites (N-methyl/N-ethyl adjacent to an activating group) is 1. The molecule has 0 spiro atoms. The first-order valence-corrected chi connectivity index (χ1v) is 10.3. The lowest BCUT2D eigenvalue weighted by atomic mass is 10.2. The number of benzene rings is 1. The van der Waals surface area contributed by atoms with Gasteiger partial charge in [-0.15, -0.1) is 24.0 Å². The van der Waals surface area contributed by atoms with Gasteiger partial charge in [-0.1, -0.05) is 0 Å². The second-order valence-electron chi connectivity index (χ2n) is 7.79. The fourth-order valence-corrected chi connectivity index (χ4v) is 3.90. The number of halogens is 1. The molecule has 9 heteroatoms. The van der Waals surface area contributed by atoms with Crippen LogP contribution in [0.25, 0.3) is 0 Å². The van der Waals surface area contributed by atoms with Crippen LogP contribution in [0.5, 0.6) is 11.5 Å². The quantitative estimate of drug-likeness (QED) is 0.312. The average Bonchev–Trinajstić information content (AvgIpc) is 3.17. The van der Waals surface area contributed by atoms with Gasteiger partial charge < -0.3 is 29.7 Å². The Morgan fingerprint density at radius 2 is 1.90 bits per heavy atom. The van der Waals surface area contributed by atoms with E-state index in [1.54, 1.807) is 14.2 Å². The number of rotatable bonds is 7. The number of guanidine groups is 1. The standard InChI is InChI=1S/C21H35N5O3.HI/c1-22-21(23-12-20-15-25(2)7-8-29-20)24-17-5-6-26(14-17)13-16-9-18(27-3)11-19(10-16)28-4;/h9-11,17,20H,5-8,12-15H2,1-4H3,(H2,22,23,24);1H. The number of likely N-dealkylation sites (tertiary alicyclic amines) is 1. The fourth-order valence-electron chi connectivity index (χ4n) is 3.90. The SMILES string of the molecule is CN=C(NCC1CN(C)CCO1)NC1CCN(Cc2cc(OC)cc(OC)c2)C1.I. The molecule has 3 rings (SSSR count). The van der Waals surface area contributed by atoms with Gasteiger partial charge in [-0.3, -0.25) is 9.89 Å². The van der Waals surface area contributed by atoms with Gasteiger partial charge in [0.25, 0.3) is 0 Å². The first kappa shape index (κ1) is 25.0. The molecule has 8 nitrogen and oxygen atoms in total. The van der Waals surface area contributed by atoms with Crippen LogP contribution in [-0.2, 0) is 11.3 Å². The van der Waals surface area contributed by atoms with E-state index in [0.717, 1.165) is 69.8 Å². The largest absolute Gasteiger partial charge is 0.497 e. The van der Waals surface area contributed by atoms with Crippen molar-refractivity contribution in [3.8, 4) is 11.5 Å². The molecule has 0 aromatic heterocycles. The third-order valence-electron chi connectivity index (χ3n) is 5.49. The molecule has 0 bridgehead atoms. The molecule has 2 heterocycles. The van der Waals surface area contributed by atoms with Gasteiger partial charge >= 0.3 is 0 Å². The highest BCUT2D eigenvalue weighted by molar-refractivity contribution is 14.0. The zero-order valence-corrected chi connectivity index (χ0v) is 20.8. The number of hydrogen-bond donors (Lipinski definition) is 2. The highest BCUT2D eigenvalue weighted by atomic mass is 127. The molecule has 0 radical (unpaired) electrons. The Morgan fingerprint density at radius 3 is 2.53 bits per heavy atom. The molecule has 2 saturated heterocycles. The van der Waals surface area contributed by atoms with Crippen molar-refractivity contribution in [2.45, 2.75) is 25.1 Å². The lowest BCUT2D eigenvalue weighted by molar-refractivity contribution is -0.0161. The maximum absolute atomic E-state index is 5.82. The summed E-state index contributed by atoms with van der Waals surface area (Å²) < 4.78 is 16.6. The molecule has 2 unspecified atom stereocenters. The maximum Gasteiger partial charge on any atom is 0.191 e. The Balaban J connectivity index is 0.00000320. The van der Waals surface area contributed by atoms with Crippen molar-refractivity contribution in [2.24, 2.45) is 4.99 Å². The van der Waals surface area contributed by atoms with Crippen LogP contribution >= 0.6 is 24.0 Å². The predicted octanol–water partition coefficient (Wildman–Crippen LogP) is 1.39. The molecular weight excluding hydrogens is 497 g/mol. The van der Waals surface area contributed by atoms with Gasteiger partial charge in [-0.05, 0) is 31.2 Å². The molecule has 170 valence electrons. The zero-order chi connectivity index (χ0) is 20.6. The second-order valence-corrected chi connectivity index (χ2v) is 7.79. The molecule has 2 aliphatic heterocycles. The summed E-state index contributed by atoms with van der Waals surface area (Å²) in [5, 5.41) is 6.97. The van der Waals surface area contributed by atoms with E-state index in [1.807, 2.05) is 13.1 Å². The topological polar surface area (TPSA) is 70.6 Å². The number of nitrogens with zero attached hydrogens (tertiary/aromatic N) is 3. The summed E-state index contributed by atoms with van der Waals surface area (Å²) in [5.74, 6) is 2.50. The van der Waals surface area contributed by atoms with Crippen LogP contribution in [0.3, 0.4) is 0 Å². The number of ether oxygens (including phenoxy) is 3. The number of morpholine rings is 1. The van der Waals surface area contributed by atoms with E-state index in [9.17, 15) is 0 Å². The van der Waals surface area contributed by atoms with E-state index in [4.69, 9.17) is 14.2 Å². The third-order valence-corrected chi connectivity index (χ3v) is 5.49. The summed E-state index contributed by atoms with van der Waals surface area (Å²) in [4.78, 5) is 9.13. The number of methoxy groups -OCH3 is 2. The van der Waals surface area contributed by atoms with E-state index in [-0.39, 0.29) is 30.1 Å². The van der Waals surface area contributed by atoms with E-state index in [1.165, 1.54) is 5.56 Å². The van der Waals surface area contributed by atoms with Crippen molar-refractivity contribution >= 4 is 29.9 Å². The van der Waals surface area contributed by atoms with Crippen molar-refractivity contribution in [3.05, 3.63) is 23.8 Å². The Morgan fingerprint density at radius 1 is 1.17 bits per heavy atom.